The van der Waals surface area contributed by atoms with Crippen molar-refractivity contribution < 1.29 is 9.53 Å². The van der Waals surface area contributed by atoms with E-state index in [0.29, 0.717) is 27.3 Å². The highest BCUT2D eigenvalue weighted by Gasteiger charge is 2.22. The van der Waals surface area contributed by atoms with Gasteiger partial charge in [-0.05, 0) is 25.3 Å². The van der Waals surface area contributed by atoms with Gasteiger partial charge in [-0.2, -0.15) is 0 Å². The average Bonchev–Trinajstić information content (AvgIpc) is 2.82. The quantitative estimate of drug-likeness (QED) is 0.905. The SMILES string of the molecule is Cc1c(C(=O)NC2CCCOC2)sc2ncn(C)c(=O)c12. The molecule has 1 unspecified atom stereocenters. The lowest BCUT2D eigenvalue weighted by Crippen LogP contribution is -2.40. The number of aryl methyl sites for hydroxylation is 2. The Bertz CT molecular complexity index is 744. The predicted octanol–water partition coefficient (Wildman–Crippen LogP) is 1.21. The lowest BCUT2D eigenvalue weighted by molar-refractivity contribution is 0.0625. The summed E-state index contributed by atoms with van der Waals surface area (Å²) in [5.74, 6) is -0.145. The van der Waals surface area contributed by atoms with Crippen molar-refractivity contribution in [2.45, 2.75) is 25.8 Å². The van der Waals surface area contributed by atoms with Crippen LogP contribution in [0.15, 0.2) is 11.1 Å². The molecule has 1 aliphatic heterocycles. The summed E-state index contributed by atoms with van der Waals surface area (Å²) in [6, 6.07) is 0.0478. The lowest BCUT2D eigenvalue weighted by atomic mass is 10.1. The Balaban J connectivity index is 1.93. The van der Waals surface area contributed by atoms with Crippen LogP contribution in [0.3, 0.4) is 0 Å². The molecule has 21 heavy (non-hydrogen) atoms. The highest BCUT2D eigenvalue weighted by atomic mass is 32.1. The molecule has 0 aromatic carbocycles. The Morgan fingerprint density at radius 1 is 1.57 bits per heavy atom. The van der Waals surface area contributed by atoms with Crippen LogP contribution < -0.4 is 10.9 Å². The van der Waals surface area contributed by atoms with E-state index in [1.54, 1.807) is 14.0 Å². The van der Waals surface area contributed by atoms with Crippen molar-refractivity contribution in [2.75, 3.05) is 13.2 Å². The minimum Gasteiger partial charge on any atom is -0.379 e. The van der Waals surface area contributed by atoms with Gasteiger partial charge in [0.1, 0.15) is 4.83 Å². The molecule has 3 heterocycles. The van der Waals surface area contributed by atoms with Gasteiger partial charge in [-0.15, -0.1) is 11.3 Å². The number of nitrogens with zero attached hydrogens (tertiary/aromatic N) is 2. The van der Waals surface area contributed by atoms with E-state index in [2.05, 4.69) is 10.3 Å². The Morgan fingerprint density at radius 3 is 3.10 bits per heavy atom. The third-order valence-electron chi connectivity index (χ3n) is 3.71. The Morgan fingerprint density at radius 2 is 2.38 bits per heavy atom. The van der Waals surface area contributed by atoms with E-state index in [4.69, 9.17) is 4.74 Å². The smallest absolute Gasteiger partial charge is 0.262 e. The number of fused-ring (bicyclic) bond motifs is 1. The number of nitrogens with one attached hydrogen (secondary N) is 1. The molecule has 2 aromatic rings. The Labute approximate surface area is 125 Å². The predicted molar refractivity (Wildman–Crippen MR) is 80.9 cm³/mol. The second-order valence-corrected chi connectivity index (χ2v) is 6.28. The minimum absolute atomic E-state index is 0.0478. The molecule has 1 N–H and O–H groups in total. The molecule has 2 aromatic heterocycles. The molecular formula is C14H17N3O3S. The lowest BCUT2D eigenvalue weighted by Gasteiger charge is -2.22. The number of ether oxygens (including phenoxy) is 1. The molecule has 112 valence electrons. The fraction of sp³-hybridized carbons (Fsp3) is 0.500. The zero-order chi connectivity index (χ0) is 15.0. The van der Waals surface area contributed by atoms with Gasteiger partial charge >= 0.3 is 0 Å². The maximum atomic E-state index is 12.4. The molecule has 0 spiro atoms. The molecule has 1 atom stereocenters. The van der Waals surface area contributed by atoms with Gasteiger partial charge in [0.05, 0.1) is 29.2 Å². The van der Waals surface area contributed by atoms with Gasteiger partial charge in [0.15, 0.2) is 0 Å². The van der Waals surface area contributed by atoms with Crippen molar-refractivity contribution in [3.05, 3.63) is 27.1 Å². The molecule has 7 heteroatoms. The van der Waals surface area contributed by atoms with Crippen LogP contribution in [-0.4, -0.2) is 34.7 Å². The van der Waals surface area contributed by atoms with E-state index < -0.39 is 0 Å². The maximum absolute atomic E-state index is 12.4. The van der Waals surface area contributed by atoms with Crippen LogP contribution in [0.1, 0.15) is 28.1 Å². The number of carbonyl (C=O) groups excluding carboxylic acids is 1. The first-order valence-electron chi connectivity index (χ1n) is 6.91. The molecular weight excluding hydrogens is 290 g/mol. The van der Waals surface area contributed by atoms with E-state index in [1.165, 1.54) is 22.2 Å². The number of hydrogen-bond acceptors (Lipinski definition) is 5. The van der Waals surface area contributed by atoms with Crippen LogP contribution in [-0.2, 0) is 11.8 Å². The van der Waals surface area contributed by atoms with Gasteiger partial charge in [-0.1, -0.05) is 0 Å². The standard InChI is InChI=1S/C14H17N3O3S/c1-8-10-13(15-7-17(2)14(10)19)21-11(8)12(18)16-9-4-3-5-20-6-9/h7,9H,3-6H2,1-2H3,(H,16,18). The van der Waals surface area contributed by atoms with Gasteiger partial charge in [0.25, 0.3) is 11.5 Å². The molecule has 1 fully saturated rings. The third kappa shape index (κ3) is 2.58. The molecule has 0 saturated carbocycles. The summed E-state index contributed by atoms with van der Waals surface area (Å²) in [6.45, 7) is 3.11. The summed E-state index contributed by atoms with van der Waals surface area (Å²) in [5, 5.41) is 3.52. The Kier molecular flexibility index (Phi) is 3.77. The highest BCUT2D eigenvalue weighted by molar-refractivity contribution is 7.20. The van der Waals surface area contributed by atoms with Crippen molar-refractivity contribution in [3.63, 3.8) is 0 Å². The maximum Gasteiger partial charge on any atom is 0.262 e. The van der Waals surface area contributed by atoms with E-state index in [-0.39, 0.29) is 17.5 Å². The summed E-state index contributed by atoms with van der Waals surface area (Å²) < 4.78 is 6.80. The molecule has 3 rings (SSSR count). The second kappa shape index (κ2) is 5.57. The monoisotopic (exact) mass is 307 g/mol. The first kappa shape index (κ1) is 14.2. The van der Waals surface area contributed by atoms with E-state index in [1.807, 2.05) is 0 Å². The number of aromatic nitrogens is 2. The molecule has 0 bridgehead atoms. The van der Waals surface area contributed by atoms with Gasteiger partial charge in [-0.3, -0.25) is 9.59 Å². The van der Waals surface area contributed by atoms with Crippen LogP contribution in [0.25, 0.3) is 10.2 Å². The fourth-order valence-corrected chi connectivity index (χ4v) is 3.57. The first-order chi connectivity index (χ1) is 10.1. The Hall–Kier alpha value is -1.73. The summed E-state index contributed by atoms with van der Waals surface area (Å²) in [6.07, 6.45) is 3.37. The topological polar surface area (TPSA) is 73.2 Å². The van der Waals surface area contributed by atoms with Crippen LogP contribution in [0.2, 0.25) is 0 Å². The minimum atomic E-state index is -0.145. The van der Waals surface area contributed by atoms with Gasteiger partial charge in [-0.25, -0.2) is 4.98 Å². The van der Waals surface area contributed by atoms with Crippen molar-refractivity contribution in [1.82, 2.24) is 14.9 Å². The van der Waals surface area contributed by atoms with Crippen molar-refractivity contribution >= 4 is 27.5 Å². The van der Waals surface area contributed by atoms with Gasteiger partial charge < -0.3 is 14.6 Å². The number of hydrogen-bond donors (Lipinski definition) is 1. The zero-order valence-electron chi connectivity index (χ0n) is 12.0. The van der Waals surface area contributed by atoms with Gasteiger partial charge in [0, 0.05) is 13.7 Å². The fourth-order valence-electron chi connectivity index (χ4n) is 2.53. The zero-order valence-corrected chi connectivity index (χ0v) is 12.8. The van der Waals surface area contributed by atoms with Crippen molar-refractivity contribution in [1.29, 1.82) is 0 Å². The van der Waals surface area contributed by atoms with Crippen LogP contribution in [0.4, 0.5) is 0 Å². The first-order valence-corrected chi connectivity index (χ1v) is 7.73. The third-order valence-corrected chi connectivity index (χ3v) is 4.91. The molecule has 1 amide bonds. The molecule has 0 radical (unpaired) electrons. The summed E-state index contributed by atoms with van der Waals surface area (Å²) >= 11 is 1.27. The largest absolute Gasteiger partial charge is 0.379 e. The van der Waals surface area contributed by atoms with E-state index in [0.717, 1.165) is 19.4 Å². The van der Waals surface area contributed by atoms with Crippen LogP contribution >= 0.6 is 11.3 Å². The molecule has 6 nitrogen and oxygen atoms in total. The summed E-state index contributed by atoms with van der Waals surface area (Å²) in [4.78, 5) is 30.0. The summed E-state index contributed by atoms with van der Waals surface area (Å²) in [7, 11) is 1.66. The van der Waals surface area contributed by atoms with Crippen molar-refractivity contribution in [3.8, 4) is 0 Å². The van der Waals surface area contributed by atoms with E-state index in [9.17, 15) is 9.59 Å². The second-order valence-electron chi connectivity index (χ2n) is 5.28. The normalized spacial score (nSPS) is 18.9. The molecule has 0 aliphatic carbocycles. The van der Waals surface area contributed by atoms with Crippen LogP contribution in [0, 0.1) is 6.92 Å². The van der Waals surface area contributed by atoms with E-state index >= 15 is 0 Å². The number of carbonyl (C=O) groups is 1. The van der Waals surface area contributed by atoms with Crippen LogP contribution in [0.5, 0.6) is 0 Å². The van der Waals surface area contributed by atoms with Gasteiger partial charge in [0.2, 0.25) is 0 Å². The average molecular weight is 307 g/mol. The highest BCUT2D eigenvalue weighted by Crippen LogP contribution is 2.26. The molecule has 1 aliphatic rings. The number of thiophene rings is 1. The number of amides is 1. The van der Waals surface area contributed by atoms with Crippen molar-refractivity contribution in [2.24, 2.45) is 7.05 Å². The summed E-state index contributed by atoms with van der Waals surface area (Å²) in [5.41, 5.74) is 0.590. The number of rotatable bonds is 2. The molecule has 1 saturated heterocycles.